The Morgan fingerprint density at radius 1 is 1.35 bits per heavy atom. The van der Waals surface area contributed by atoms with Crippen LogP contribution in [0.4, 0.5) is 0 Å². The van der Waals surface area contributed by atoms with Crippen LogP contribution in [0.25, 0.3) is 0 Å². The fourth-order valence-corrected chi connectivity index (χ4v) is 2.04. The molecule has 1 aromatic rings. The highest BCUT2D eigenvalue weighted by molar-refractivity contribution is 6.09. The Kier molecular flexibility index (Phi) is 6.52. The van der Waals surface area contributed by atoms with Gasteiger partial charge in [0.2, 0.25) is 0 Å². The van der Waals surface area contributed by atoms with Crippen molar-refractivity contribution in [3.8, 4) is 12.3 Å². The zero-order valence-electron chi connectivity index (χ0n) is 12.0. The van der Waals surface area contributed by atoms with E-state index in [4.69, 9.17) is 11.2 Å². The highest BCUT2D eigenvalue weighted by atomic mass is 16.5. The fraction of sp³-hybridized carbons (Fsp3) is 0.412. The first-order valence-corrected chi connectivity index (χ1v) is 6.81. The molecule has 20 heavy (non-hydrogen) atoms. The van der Waals surface area contributed by atoms with Gasteiger partial charge in [0.15, 0.2) is 5.78 Å². The van der Waals surface area contributed by atoms with Crippen molar-refractivity contribution in [2.45, 2.75) is 33.1 Å². The van der Waals surface area contributed by atoms with Gasteiger partial charge < -0.3 is 4.74 Å². The van der Waals surface area contributed by atoms with Crippen LogP contribution in [0, 0.1) is 25.2 Å². The van der Waals surface area contributed by atoms with Crippen LogP contribution < -0.4 is 0 Å². The predicted molar refractivity (Wildman–Crippen MR) is 78.3 cm³/mol. The van der Waals surface area contributed by atoms with Crippen LogP contribution in [0.1, 0.15) is 42.1 Å². The number of rotatable bonds is 7. The lowest BCUT2D eigenvalue weighted by molar-refractivity contribution is -0.146. The summed E-state index contributed by atoms with van der Waals surface area (Å²) in [6.45, 7) is 3.86. The van der Waals surface area contributed by atoms with Gasteiger partial charge in [0.05, 0.1) is 6.61 Å². The number of aryl methyl sites for hydroxylation is 1. The number of terminal acetylenes is 1. The number of esters is 1. The van der Waals surface area contributed by atoms with Crippen molar-refractivity contribution in [2.75, 3.05) is 6.61 Å². The zero-order chi connectivity index (χ0) is 15.0. The largest absolute Gasteiger partial charge is 0.465 e. The monoisotopic (exact) mass is 272 g/mol. The van der Waals surface area contributed by atoms with E-state index in [0.29, 0.717) is 24.8 Å². The number of benzene rings is 1. The molecule has 3 nitrogen and oxygen atoms in total. The summed E-state index contributed by atoms with van der Waals surface area (Å²) < 4.78 is 5.01. The fourth-order valence-electron chi connectivity index (χ4n) is 2.04. The minimum absolute atomic E-state index is 0.182. The summed E-state index contributed by atoms with van der Waals surface area (Å²) in [4.78, 5) is 24.5. The number of carbonyl (C=O) groups is 2. The highest BCUT2D eigenvalue weighted by Gasteiger charge is 2.29. The van der Waals surface area contributed by atoms with E-state index in [1.807, 2.05) is 19.1 Å². The number of Topliss-reactive ketones (excluding diaryl/α,β-unsaturated/α-hetero) is 1. The maximum Gasteiger partial charge on any atom is 0.316 e. The Hall–Kier alpha value is -2.08. The van der Waals surface area contributed by atoms with Crippen LogP contribution in [-0.4, -0.2) is 18.4 Å². The van der Waals surface area contributed by atoms with E-state index in [1.165, 1.54) is 0 Å². The molecule has 0 aliphatic rings. The number of ether oxygens (including phenoxy) is 1. The van der Waals surface area contributed by atoms with E-state index >= 15 is 0 Å². The van der Waals surface area contributed by atoms with E-state index in [-0.39, 0.29) is 12.4 Å². The average molecular weight is 272 g/mol. The molecule has 0 spiro atoms. The van der Waals surface area contributed by atoms with Crippen LogP contribution in [0.5, 0.6) is 0 Å². The lowest BCUT2D eigenvalue weighted by atomic mass is 9.90. The SMILES string of the molecule is C#CCCCC(C(=O)OCC)C(=O)c1ccccc1C. The van der Waals surface area contributed by atoms with Gasteiger partial charge in [-0.1, -0.05) is 24.3 Å². The van der Waals surface area contributed by atoms with Gasteiger partial charge in [0, 0.05) is 12.0 Å². The van der Waals surface area contributed by atoms with E-state index in [1.54, 1.807) is 19.1 Å². The number of unbranched alkanes of at least 4 members (excludes halogenated alkanes) is 1. The molecule has 0 aliphatic heterocycles. The molecule has 0 radical (unpaired) electrons. The molecule has 1 rings (SSSR count). The van der Waals surface area contributed by atoms with E-state index in [9.17, 15) is 9.59 Å². The number of hydrogen-bond acceptors (Lipinski definition) is 3. The molecule has 1 unspecified atom stereocenters. The molecule has 1 atom stereocenters. The van der Waals surface area contributed by atoms with Gasteiger partial charge in [-0.15, -0.1) is 12.3 Å². The molecule has 3 heteroatoms. The molecule has 1 aromatic carbocycles. The summed E-state index contributed by atoms with van der Waals surface area (Å²) in [6.07, 6.45) is 6.83. The van der Waals surface area contributed by atoms with Crippen molar-refractivity contribution in [1.82, 2.24) is 0 Å². The molecule has 106 valence electrons. The Labute approximate surface area is 120 Å². The van der Waals surface area contributed by atoms with Crippen LogP contribution in [0.2, 0.25) is 0 Å². The third-order valence-electron chi connectivity index (χ3n) is 3.11. The Balaban J connectivity index is 2.92. The molecule has 0 aromatic heterocycles. The van der Waals surface area contributed by atoms with Gasteiger partial charge >= 0.3 is 5.97 Å². The molecule has 0 heterocycles. The second kappa shape index (κ2) is 8.16. The Morgan fingerprint density at radius 3 is 2.65 bits per heavy atom. The van der Waals surface area contributed by atoms with E-state index < -0.39 is 11.9 Å². The van der Waals surface area contributed by atoms with E-state index in [0.717, 1.165) is 5.56 Å². The van der Waals surface area contributed by atoms with Crippen LogP contribution in [-0.2, 0) is 9.53 Å². The van der Waals surface area contributed by atoms with Gasteiger partial charge in [-0.05, 0) is 32.3 Å². The number of hydrogen-bond donors (Lipinski definition) is 0. The normalized spacial score (nSPS) is 11.4. The summed E-state index contributed by atoms with van der Waals surface area (Å²) in [5.41, 5.74) is 1.44. The van der Waals surface area contributed by atoms with Gasteiger partial charge in [-0.25, -0.2) is 0 Å². The minimum atomic E-state index is -0.760. The molecule has 0 fully saturated rings. The Bertz CT molecular complexity index is 511. The van der Waals surface area contributed by atoms with Crippen molar-refractivity contribution in [1.29, 1.82) is 0 Å². The lowest BCUT2D eigenvalue weighted by Gasteiger charge is -2.15. The molecule has 0 saturated heterocycles. The van der Waals surface area contributed by atoms with Crippen molar-refractivity contribution >= 4 is 11.8 Å². The first-order valence-electron chi connectivity index (χ1n) is 6.81. The van der Waals surface area contributed by atoms with Gasteiger partial charge in [0.25, 0.3) is 0 Å². The average Bonchev–Trinajstić information content (AvgIpc) is 2.44. The molecule has 0 saturated carbocycles. The first-order chi connectivity index (χ1) is 9.61. The predicted octanol–water partition coefficient (Wildman–Crippen LogP) is 3.16. The summed E-state index contributed by atoms with van der Waals surface area (Å²) in [5.74, 6) is 1.12. The van der Waals surface area contributed by atoms with Crippen LogP contribution >= 0.6 is 0 Å². The summed E-state index contributed by atoms with van der Waals surface area (Å²) in [7, 11) is 0. The topological polar surface area (TPSA) is 43.4 Å². The second-order valence-electron chi connectivity index (χ2n) is 4.58. The molecule has 0 amide bonds. The zero-order valence-corrected chi connectivity index (χ0v) is 12.0. The third kappa shape index (κ3) is 4.24. The number of carbonyl (C=O) groups excluding carboxylic acids is 2. The molecular formula is C17H20O3. The standard InChI is InChI=1S/C17H20O3/c1-4-6-7-12-15(17(19)20-5-2)16(18)14-11-9-8-10-13(14)3/h1,8-11,15H,5-7,12H2,2-3H3. The maximum absolute atomic E-state index is 12.5. The maximum atomic E-state index is 12.5. The third-order valence-corrected chi connectivity index (χ3v) is 3.11. The van der Waals surface area contributed by atoms with Crippen molar-refractivity contribution in [2.24, 2.45) is 5.92 Å². The van der Waals surface area contributed by atoms with E-state index in [2.05, 4.69) is 5.92 Å². The minimum Gasteiger partial charge on any atom is -0.465 e. The first kappa shape index (κ1) is 16.0. The van der Waals surface area contributed by atoms with Crippen molar-refractivity contribution in [3.05, 3.63) is 35.4 Å². The smallest absolute Gasteiger partial charge is 0.316 e. The lowest BCUT2D eigenvalue weighted by Crippen LogP contribution is -2.27. The molecular weight excluding hydrogens is 252 g/mol. The molecule has 0 N–H and O–H groups in total. The molecule has 0 bridgehead atoms. The summed E-state index contributed by atoms with van der Waals surface area (Å²) in [6, 6.07) is 7.26. The second-order valence-corrected chi connectivity index (χ2v) is 4.58. The van der Waals surface area contributed by atoms with Crippen molar-refractivity contribution < 1.29 is 14.3 Å². The van der Waals surface area contributed by atoms with Gasteiger partial charge in [-0.3, -0.25) is 9.59 Å². The molecule has 0 aliphatic carbocycles. The summed E-state index contributed by atoms with van der Waals surface area (Å²) in [5, 5.41) is 0. The highest BCUT2D eigenvalue weighted by Crippen LogP contribution is 2.19. The van der Waals surface area contributed by atoms with Crippen LogP contribution in [0.3, 0.4) is 0 Å². The van der Waals surface area contributed by atoms with Gasteiger partial charge in [0.1, 0.15) is 5.92 Å². The van der Waals surface area contributed by atoms with Gasteiger partial charge in [-0.2, -0.15) is 0 Å². The summed E-state index contributed by atoms with van der Waals surface area (Å²) >= 11 is 0. The van der Waals surface area contributed by atoms with Crippen LogP contribution in [0.15, 0.2) is 24.3 Å². The van der Waals surface area contributed by atoms with Crippen molar-refractivity contribution in [3.63, 3.8) is 0 Å². The Morgan fingerprint density at radius 2 is 2.05 bits per heavy atom. The number of ketones is 1. The quantitative estimate of drug-likeness (QED) is 0.252.